The molecule has 0 fully saturated rings. The number of carbonyl (C=O) groups excluding carboxylic acids is 1. The van der Waals surface area contributed by atoms with Crippen molar-refractivity contribution in [1.29, 1.82) is 0 Å². The summed E-state index contributed by atoms with van der Waals surface area (Å²) in [5.74, 6) is 0. The third-order valence-electron chi connectivity index (χ3n) is 3.38. The predicted octanol–water partition coefficient (Wildman–Crippen LogP) is 2.57. The largest absolute Gasteiger partial charge is 0.444 e. The highest BCUT2D eigenvalue weighted by Gasteiger charge is 2.20. The van der Waals surface area contributed by atoms with Crippen molar-refractivity contribution in [2.45, 2.75) is 51.7 Å². The van der Waals surface area contributed by atoms with Crippen LogP contribution in [0.5, 0.6) is 0 Å². The summed E-state index contributed by atoms with van der Waals surface area (Å²) in [7, 11) is 0. The quantitative estimate of drug-likeness (QED) is 0.837. The van der Waals surface area contributed by atoms with Gasteiger partial charge in [0.1, 0.15) is 5.60 Å². The molecule has 0 saturated carbocycles. The highest BCUT2D eigenvalue weighted by molar-refractivity contribution is 5.67. The molecule has 1 aromatic heterocycles. The van der Waals surface area contributed by atoms with Gasteiger partial charge in [-0.2, -0.15) is 0 Å². The molecule has 0 aromatic carbocycles. The van der Waals surface area contributed by atoms with E-state index < -0.39 is 5.60 Å². The van der Waals surface area contributed by atoms with Crippen molar-refractivity contribution in [3.8, 4) is 0 Å². The standard InChI is InChI=1S/C16H25N3O2/c1-16(2,3)21-15(20)19-11-10-17-13-8-4-6-12-7-5-9-18-14(12)13/h5,7,9,13,17H,4,6,8,10-11H2,1-3H3,(H,19,20). The zero-order chi connectivity index (χ0) is 15.3. The molecular weight excluding hydrogens is 266 g/mol. The number of aryl methyl sites for hydroxylation is 1. The molecule has 0 spiro atoms. The molecule has 1 heterocycles. The zero-order valence-corrected chi connectivity index (χ0v) is 13.1. The van der Waals surface area contributed by atoms with E-state index in [0.717, 1.165) is 18.5 Å². The first-order chi connectivity index (χ1) is 9.96. The number of hydrogen-bond acceptors (Lipinski definition) is 4. The van der Waals surface area contributed by atoms with Crippen LogP contribution in [0.2, 0.25) is 0 Å². The average molecular weight is 291 g/mol. The Morgan fingerprint density at radius 2 is 2.24 bits per heavy atom. The van der Waals surface area contributed by atoms with E-state index >= 15 is 0 Å². The van der Waals surface area contributed by atoms with Crippen molar-refractivity contribution in [3.63, 3.8) is 0 Å². The normalized spacial score (nSPS) is 18.0. The number of amides is 1. The van der Waals surface area contributed by atoms with Gasteiger partial charge >= 0.3 is 6.09 Å². The molecular formula is C16H25N3O2. The van der Waals surface area contributed by atoms with Crippen molar-refractivity contribution in [3.05, 3.63) is 29.6 Å². The smallest absolute Gasteiger partial charge is 0.407 e. The summed E-state index contributed by atoms with van der Waals surface area (Å²) >= 11 is 0. The van der Waals surface area contributed by atoms with E-state index in [9.17, 15) is 4.79 Å². The minimum absolute atomic E-state index is 0.287. The van der Waals surface area contributed by atoms with Crippen LogP contribution in [0, 0.1) is 0 Å². The van der Waals surface area contributed by atoms with Crippen molar-refractivity contribution < 1.29 is 9.53 Å². The Morgan fingerprint density at radius 3 is 3.00 bits per heavy atom. The monoisotopic (exact) mass is 291 g/mol. The van der Waals surface area contributed by atoms with Gasteiger partial charge in [0.05, 0.1) is 5.69 Å². The lowest BCUT2D eigenvalue weighted by Crippen LogP contribution is -2.37. The van der Waals surface area contributed by atoms with Crippen molar-refractivity contribution >= 4 is 6.09 Å². The summed E-state index contributed by atoms with van der Waals surface area (Å²) in [5.41, 5.74) is 2.03. The predicted molar refractivity (Wildman–Crippen MR) is 82.2 cm³/mol. The van der Waals surface area contributed by atoms with E-state index in [-0.39, 0.29) is 12.1 Å². The summed E-state index contributed by atoms with van der Waals surface area (Å²) in [6, 6.07) is 4.43. The highest BCUT2D eigenvalue weighted by atomic mass is 16.6. The molecule has 0 bridgehead atoms. The maximum Gasteiger partial charge on any atom is 0.407 e. The minimum Gasteiger partial charge on any atom is -0.444 e. The Kier molecular flexibility index (Phi) is 5.17. The first-order valence-electron chi connectivity index (χ1n) is 7.60. The van der Waals surface area contributed by atoms with E-state index in [1.807, 2.05) is 33.0 Å². The second kappa shape index (κ2) is 6.89. The molecule has 1 aliphatic rings. The van der Waals surface area contributed by atoms with E-state index in [0.29, 0.717) is 13.1 Å². The van der Waals surface area contributed by atoms with Gasteiger partial charge < -0.3 is 15.4 Å². The van der Waals surface area contributed by atoms with Crippen LogP contribution in [0.1, 0.15) is 50.9 Å². The lowest BCUT2D eigenvalue weighted by molar-refractivity contribution is 0.0528. The molecule has 2 N–H and O–H groups in total. The number of pyridine rings is 1. The van der Waals surface area contributed by atoms with Gasteiger partial charge in [-0.1, -0.05) is 6.07 Å². The number of rotatable bonds is 4. The summed E-state index contributed by atoms with van der Waals surface area (Å²) < 4.78 is 5.20. The first kappa shape index (κ1) is 15.8. The Morgan fingerprint density at radius 1 is 1.43 bits per heavy atom. The first-order valence-corrected chi connectivity index (χ1v) is 7.60. The molecule has 0 radical (unpaired) electrons. The van der Waals surface area contributed by atoms with E-state index in [4.69, 9.17) is 4.74 Å². The van der Waals surface area contributed by atoms with Crippen LogP contribution in [0.15, 0.2) is 18.3 Å². The van der Waals surface area contributed by atoms with E-state index in [1.54, 1.807) is 0 Å². The Labute approximate surface area is 126 Å². The molecule has 5 nitrogen and oxygen atoms in total. The zero-order valence-electron chi connectivity index (χ0n) is 13.1. The van der Waals surface area contributed by atoms with Gasteiger partial charge in [0, 0.05) is 25.3 Å². The summed E-state index contributed by atoms with van der Waals surface area (Å²) in [6.45, 7) is 6.83. The van der Waals surface area contributed by atoms with Crippen LogP contribution >= 0.6 is 0 Å². The van der Waals surface area contributed by atoms with Crippen LogP contribution < -0.4 is 10.6 Å². The lowest BCUT2D eigenvalue weighted by atomic mass is 9.92. The third kappa shape index (κ3) is 5.01. The maximum atomic E-state index is 11.5. The lowest BCUT2D eigenvalue weighted by Gasteiger charge is -2.25. The van der Waals surface area contributed by atoms with Gasteiger partial charge in [-0.05, 0) is 51.7 Å². The second-order valence-electron chi connectivity index (χ2n) is 6.38. The summed E-state index contributed by atoms with van der Waals surface area (Å²) in [5, 5.41) is 6.22. The number of fused-ring (bicyclic) bond motifs is 1. The fraction of sp³-hybridized carbons (Fsp3) is 0.625. The van der Waals surface area contributed by atoms with Crippen LogP contribution in [0.3, 0.4) is 0 Å². The molecule has 1 unspecified atom stereocenters. The van der Waals surface area contributed by atoms with Crippen LogP contribution in [-0.2, 0) is 11.2 Å². The molecule has 1 aromatic rings. The Hall–Kier alpha value is -1.62. The average Bonchev–Trinajstić information content (AvgIpc) is 2.42. The van der Waals surface area contributed by atoms with Crippen LogP contribution in [0.25, 0.3) is 0 Å². The number of nitrogens with one attached hydrogen (secondary N) is 2. The molecule has 116 valence electrons. The molecule has 1 atom stereocenters. The van der Waals surface area contributed by atoms with Gasteiger partial charge in [-0.3, -0.25) is 4.98 Å². The van der Waals surface area contributed by atoms with Crippen molar-refractivity contribution in [1.82, 2.24) is 15.6 Å². The number of alkyl carbamates (subject to hydrolysis) is 1. The summed E-state index contributed by atoms with van der Waals surface area (Å²) in [4.78, 5) is 16.0. The molecule has 0 saturated heterocycles. The van der Waals surface area contributed by atoms with E-state index in [1.165, 1.54) is 12.0 Å². The number of ether oxygens (including phenoxy) is 1. The number of aromatic nitrogens is 1. The van der Waals surface area contributed by atoms with Crippen molar-refractivity contribution in [2.75, 3.05) is 13.1 Å². The fourth-order valence-electron chi connectivity index (χ4n) is 2.53. The molecule has 21 heavy (non-hydrogen) atoms. The summed E-state index contributed by atoms with van der Waals surface area (Å²) in [6.07, 6.45) is 4.85. The molecule has 1 aliphatic carbocycles. The van der Waals surface area contributed by atoms with Gasteiger partial charge in [-0.15, -0.1) is 0 Å². The van der Waals surface area contributed by atoms with Crippen LogP contribution in [0.4, 0.5) is 4.79 Å². The van der Waals surface area contributed by atoms with Gasteiger partial charge in [0.25, 0.3) is 0 Å². The molecule has 0 aliphatic heterocycles. The maximum absolute atomic E-state index is 11.5. The number of carbonyl (C=O) groups is 1. The fourth-order valence-corrected chi connectivity index (χ4v) is 2.53. The number of hydrogen-bond donors (Lipinski definition) is 2. The topological polar surface area (TPSA) is 63.2 Å². The second-order valence-corrected chi connectivity index (χ2v) is 6.38. The Bertz CT molecular complexity index is 483. The Balaban J connectivity index is 1.74. The minimum atomic E-state index is -0.455. The van der Waals surface area contributed by atoms with Gasteiger partial charge in [0.2, 0.25) is 0 Å². The highest BCUT2D eigenvalue weighted by Crippen LogP contribution is 2.27. The molecule has 5 heteroatoms. The SMILES string of the molecule is CC(C)(C)OC(=O)NCCNC1CCCc2cccnc21. The van der Waals surface area contributed by atoms with Gasteiger partial charge in [0.15, 0.2) is 0 Å². The van der Waals surface area contributed by atoms with E-state index in [2.05, 4.69) is 21.7 Å². The number of nitrogens with zero attached hydrogens (tertiary/aromatic N) is 1. The van der Waals surface area contributed by atoms with Crippen molar-refractivity contribution in [2.24, 2.45) is 0 Å². The third-order valence-corrected chi connectivity index (χ3v) is 3.38. The molecule has 1 amide bonds. The molecule has 2 rings (SSSR count). The van der Waals surface area contributed by atoms with Gasteiger partial charge in [-0.25, -0.2) is 4.79 Å². The van der Waals surface area contributed by atoms with Crippen LogP contribution in [-0.4, -0.2) is 29.8 Å².